The quantitative estimate of drug-likeness (QED) is 0.712. The Bertz CT molecular complexity index is 1070. The first kappa shape index (κ1) is 18.2. The van der Waals surface area contributed by atoms with Crippen LogP contribution in [0.1, 0.15) is 40.0 Å². The number of fused-ring (bicyclic) bond motifs is 1. The Balaban J connectivity index is 1.56. The number of hydrogen-bond donors (Lipinski definition) is 2. The van der Waals surface area contributed by atoms with Crippen LogP contribution >= 0.6 is 0 Å². The molecular formula is C23H23N3O2. The molecule has 28 heavy (non-hydrogen) atoms. The SMILES string of the molecule is Cc1nc2ccccc2c(C)c1CC(=O)Nc1ccccc1C(=O)NC1CC1. The van der Waals surface area contributed by atoms with E-state index in [2.05, 4.69) is 15.6 Å². The summed E-state index contributed by atoms with van der Waals surface area (Å²) in [4.78, 5) is 29.8. The molecule has 4 rings (SSSR count). The van der Waals surface area contributed by atoms with Crippen LogP contribution in [0.4, 0.5) is 5.69 Å². The number of aromatic nitrogens is 1. The van der Waals surface area contributed by atoms with Gasteiger partial charge in [0.2, 0.25) is 5.91 Å². The smallest absolute Gasteiger partial charge is 0.253 e. The molecule has 142 valence electrons. The second-order valence-electron chi connectivity index (χ2n) is 7.34. The zero-order valence-corrected chi connectivity index (χ0v) is 16.1. The largest absolute Gasteiger partial charge is 0.349 e. The number of aryl methyl sites for hydroxylation is 2. The molecule has 0 unspecified atom stereocenters. The Morgan fingerprint density at radius 1 is 1.04 bits per heavy atom. The fraction of sp³-hybridized carbons (Fsp3) is 0.261. The summed E-state index contributed by atoms with van der Waals surface area (Å²) in [5.74, 6) is -0.298. The summed E-state index contributed by atoms with van der Waals surface area (Å²) >= 11 is 0. The minimum absolute atomic E-state index is 0.141. The van der Waals surface area contributed by atoms with Crippen LogP contribution in [0.25, 0.3) is 10.9 Å². The van der Waals surface area contributed by atoms with Gasteiger partial charge in [0.1, 0.15) is 0 Å². The summed E-state index contributed by atoms with van der Waals surface area (Å²) in [7, 11) is 0. The third-order valence-electron chi connectivity index (χ3n) is 5.18. The van der Waals surface area contributed by atoms with E-state index >= 15 is 0 Å². The molecule has 1 saturated carbocycles. The van der Waals surface area contributed by atoms with Crippen LogP contribution in [0.3, 0.4) is 0 Å². The summed E-state index contributed by atoms with van der Waals surface area (Å²) in [5, 5.41) is 6.94. The van der Waals surface area contributed by atoms with Crippen molar-refractivity contribution in [2.45, 2.75) is 39.2 Å². The number of nitrogens with one attached hydrogen (secondary N) is 2. The first-order valence-corrected chi connectivity index (χ1v) is 9.57. The Kier molecular flexibility index (Phi) is 4.82. The fourth-order valence-electron chi connectivity index (χ4n) is 3.47. The molecule has 2 amide bonds. The normalized spacial score (nSPS) is 13.4. The van der Waals surface area contributed by atoms with Crippen molar-refractivity contribution in [3.8, 4) is 0 Å². The third kappa shape index (κ3) is 3.74. The van der Waals surface area contributed by atoms with Crippen LogP contribution in [0, 0.1) is 13.8 Å². The van der Waals surface area contributed by atoms with Crippen LogP contribution in [-0.2, 0) is 11.2 Å². The maximum atomic E-state index is 12.8. The summed E-state index contributed by atoms with van der Waals surface area (Å²) in [6.45, 7) is 3.95. The lowest BCUT2D eigenvalue weighted by Gasteiger charge is -2.14. The average Bonchev–Trinajstić information content (AvgIpc) is 3.49. The lowest BCUT2D eigenvalue weighted by Crippen LogP contribution is -2.27. The summed E-state index contributed by atoms with van der Waals surface area (Å²) in [5.41, 5.74) is 4.81. The van der Waals surface area contributed by atoms with E-state index in [1.54, 1.807) is 18.2 Å². The van der Waals surface area contributed by atoms with E-state index in [0.29, 0.717) is 11.3 Å². The topological polar surface area (TPSA) is 71.1 Å². The van der Waals surface area contributed by atoms with Gasteiger partial charge in [0.05, 0.1) is 23.2 Å². The number of pyridine rings is 1. The standard InChI is InChI=1S/C23H23N3O2/c1-14-17-7-3-5-9-20(17)24-15(2)19(14)13-22(27)26-21-10-6-4-8-18(21)23(28)25-16-11-12-16/h3-10,16H,11-13H2,1-2H3,(H,25,28)(H,26,27). The molecular weight excluding hydrogens is 350 g/mol. The van der Waals surface area contributed by atoms with Gasteiger partial charge in [-0.25, -0.2) is 0 Å². The molecule has 1 fully saturated rings. The van der Waals surface area contributed by atoms with Crippen molar-refractivity contribution < 1.29 is 9.59 Å². The van der Waals surface area contributed by atoms with Gasteiger partial charge in [0, 0.05) is 17.1 Å². The molecule has 1 aliphatic rings. The second kappa shape index (κ2) is 7.43. The lowest BCUT2D eigenvalue weighted by atomic mass is 9.99. The fourth-order valence-corrected chi connectivity index (χ4v) is 3.47. The molecule has 5 nitrogen and oxygen atoms in total. The second-order valence-corrected chi connectivity index (χ2v) is 7.34. The lowest BCUT2D eigenvalue weighted by molar-refractivity contribution is -0.115. The van der Waals surface area contributed by atoms with Gasteiger partial charge >= 0.3 is 0 Å². The Hall–Kier alpha value is -3.21. The number of anilines is 1. The molecule has 0 radical (unpaired) electrons. The Morgan fingerprint density at radius 3 is 2.54 bits per heavy atom. The van der Waals surface area contributed by atoms with E-state index < -0.39 is 0 Å². The highest BCUT2D eigenvalue weighted by molar-refractivity contribution is 6.04. The van der Waals surface area contributed by atoms with E-state index in [1.165, 1.54) is 0 Å². The third-order valence-corrected chi connectivity index (χ3v) is 5.18. The van der Waals surface area contributed by atoms with Gasteiger partial charge in [0.15, 0.2) is 0 Å². The van der Waals surface area contributed by atoms with Crippen molar-refractivity contribution in [2.24, 2.45) is 0 Å². The zero-order valence-electron chi connectivity index (χ0n) is 16.1. The van der Waals surface area contributed by atoms with Gasteiger partial charge in [-0.1, -0.05) is 30.3 Å². The number of hydrogen-bond acceptors (Lipinski definition) is 3. The van der Waals surface area contributed by atoms with E-state index in [-0.39, 0.29) is 24.3 Å². The van der Waals surface area contributed by atoms with Gasteiger partial charge in [-0.3, -0.25) is 14.6 Å². The minimum atomic E-state index is -0.157. The molecule has 3 aromatic rings. The highest BCUT2D eigenvalue weighted by Crippen LogP contribution is 2.24. The first-order chi connectivity index (χ1) is 13.5. The van der Waals surface area contributed by atoms with Crippen LogP contribution in [0.5, 0.6) is 0 Å². The van der Waals surface area contributed by atoms with Crippen LogP contribution in [-0.4, -0.2) is 22.8 Å². The highest BCUT2D eigenvalue weighted by Gasteiger charge is 2.25. The van der Waals surface area contributed by atoms with E-state index in [1.807, 2.05) is 44.2 Å². The maximum Gasteiger partial charge on any atom is 0.253 e. The molecule has 1 aliphatic carbocycles. The van der Waals surface area contributed by atoms with Crippen molar-refractivity contribution in [2.75, 3.05) is 5.32 Å². The molecule has 1 aromatic heterocycles. The molecule has 1 heterocycles. The molecule has 2 N–H and O–H groups in total. The van der Waals surface area contributed by atoms with Crippen LogP contribution < -0.4 is 10.6 Å². The number of benzene rings is 2. The molecule has 0 saturated heterocycles. The summed E-state index contributed by atoms with van der Waals surface area (Å²) < 4.78 is 0. The predicted octanol–water partition coefficient (Wildman–Crippen LogP) is 3.93. The number of nitrogens with zero attached hydrogens (tertiary/aromatic N) is 1. The van der Waals surface area contributed by atoms with E-state index in [0.717, 1.165) is 40.6 Å². The molecule has 0 spiro atoms. The number of amides is 2. The van der Waals surface area contributed by atoms with Crippen molar-refractivity contribution in [3.05, 3.63) is 70.9 Å². The summed E-state index contributed by atoms with van der Waals surface area (Å²) in [6, 6.07) is 15.3. The number of rotatable bonds is 5. The van der Waals surface area contributed by atoms with Gasteiger partial charge in [-0.15, -0.1) is 0 Å². The average molecular weight is 373 g/mol. The molecule has 0 aliphatic heterocycles. The first-order valence-electron chi connectivity index (χ1n) is 9.57. The molecule has 5 heteroatoms. The van der Waals surface area contributed by atoms with Crippen molar-refractivity contribution in [1.29, 1.82) is 0 Å². The number of carbonyl (C=O) groups is 2. The Morgan fingerprint density at radius 2 is 1.75 bits per heavy atom. The predicted molar refractivity (Wildman–Crippen MR) is 110 cm³/mol. The van der Waals surface area contributed by atoms with Crippen LogP contribution in [0.15, 0.2) is 48.5 Å². The van der Waals surface area contributed by atoms with Crippen molar-refractivity contribution >= 4 is 28.4 Å². The van der Waals surface area contributed by atoms with Crippen molar-refractivity contribution in [3.63, 3.8) is 0 Å². The highest BCUT2D eigenvalue weighted by atomic mass is 16.2. The van der Waals surface area contributed by atoms with Crippen LogP contribution in [0.2, 0.25) is 0 Å². The van der Waals surface area contributed by atoms with E-state index in [9.17, 15) is 9.59 Å². The van der Waals surface area contributed by atoms with Gasteiger partial charge < -0.3 is 10.6 Å². The minimum Gasteiger partial charge on any atom is -0.349 e. The van der Waals surface area contributed by atoms with Gasteiger partial charge in [-0.05, 0) is 56.0 Å². The monoisotopic (exact) mass is 373 g/mol. The molecule has 0 bridgehead atoms. The Labute approximate surface area is 164 Å². The maximum absolute atomic E-state index is 12.8. The van der Waals surface area contributed by atoms with E-state index in [4.69, 9.17) is 0 Å². The van der Waals surface area contributed by atoms with Crippen molar-refractivity contribution in [1.82, 2.24) is 10.3 Å². The zero-order chi connectivity index (χ0) is 19.7. The summed E-state index contributed by atoms with van der Waals surface area (Å²) in [6.07, 6.45) is 2.26. The van der Waals surface area contributed by atoms with Gasteiger partial charge in [-0.2, -0.15) is 0 Å². The number of carbonyl (C=O) groups excluding carboxylic acids is 2. The van der Waals surface area contributed by atoms with Gasteiger partial charge in [0.25, 0.3) is 5.91 Å². The number of para-hydroxylation sites is 2. The molecule has 0 atom stereocenters. The molecule has 2 aromatic carbocycles.